The molecule has 0 atom stereocenters. The van der Waals surface area contributed by atoms with Gasteiger partial charge in [0.15, 0.2) is 5.16 Å². The van der Waals surface area contributed by atoms with Gasteiger partial charge in [-0.2, -0.15) is 0 Å². The van der Waals surface area contributed by atoms with Crippen molar-refractivity contribution in [3.8, 4) is 23.3 Å². The van der Waals surface area contributed by atoms with Gasteiger partial charge in [0.05, 0.1) is 12.9 Å². The fraction of sp³-hybridized carbons (Fsp3) is 0.214. The molecule has 92 valence electrons. The van der Waals surface area contributed by atoms with Crippen molar-refractivity contribution in [1.82, 2.24) is 9.55 Å². The molecule has 0 radical (unpaired) electrons. The van der Waals surface area contributed by atoms with Crippen LogP contribution in [0, 0.1) is 11.8 Å². The SMILES string of the molecule is CC#CCSc1nccn1-c1ccc(OC)cc1. The highest BCUT2D eigenvalue weighted by molar-refractivity contribution is 7.99. The van der Waals surface area contributed by atoms with Crippen LogP contribution in [-0.2, 0) is 0 Å². The minimum Gasteiger partial charge on any atom is -0.497 e. The normalized spacial score (nSPS) is 9.67. The first-order chi connectivity index (χ1) is 8.85. The third kappa shape index (κ3) is 2.88. The largest absolute Gasteiger partial charge is 0.497 e. The second-order valence-corrected chi connectivity index (χ2v) is 4.44. The molecule has 0 aliphatic carbocycles. The van der Waals surface area contributed by atoms with E-state index in [2.05, 4.69) is 16.8 Å². The van der Waals surface area contributed by atoms with Gasteiger partial charge in [-0.05, 0) is 31.2 Å². The first-order valence-corrected chi connectivity index (χ1v) is 6.54. The fourth-order valence-electron chi connectivity index (χ4n) is 1.51. The topological polar surface area (TPSA) is 27.1 Å². The molecule has 0 amide bonds. The molecule has 0 aliphatic rings. The number of rotatable bonds is 4. The van der Waals surface area contributed by atoms with Crippen LogP contribution < -0.4 is 4.74 Å². The zero-order valence-corrected chi connectivity index (χ0v) is 11.2. The lowest BCUT2D eigenvalue weighted by Gasteiger charge is -2.07. The molecule has 4 heteroatoms. The van der Waals surface area contributed by atoms with E-state index in [9.17, 15) is 0 Å². The van der Waals surface area contributed by atoms with E-state index in [0.29, 0.717) is 0 Å². The van der Waals surface area contributed by atoms with Crippen LogP contribution in [0.15, 0.2) is 41.8 Å². The summed E-state index contributed by atoms with van der Waals surface area (Å²) in [6.07, 6.45) is 3.75. The van der Waals surface area contributed by atoms with E-state index in [4.69, 9.17) is 4.74 Å². The number of benzene rings is 1. The molecular formula is C14H14N2OS. The van der Waals surface area contributed by atoms with E-state index < -0.39 is 0 Å². The standard InChI is InChI=1S/C14H14N2OS/c1-3-4-11-18-14-15-9-10-16(14)12-5-7-13(17-2)8-6-12/h5-10H,11H2,1-2H3. The predicted molar refractivity (Wildman–Crippen MR) is 74.3 cm³/mol. The molecular weight excluding hydrogens is 244 g/mol. The van der Waals surface area contributed by atoms with Gasteiger partial charge >= 0.3 is 0 Å². The van der Waals surface area contributed by atoms with Crippen LogP contribution in [0.5, 0.6) is 5.75 Å². The first-order valence-electron chi connectivity index (χ1n) is 5.55. The number of hydrogen-bond donors (Lipinski definition) is 0. The van der Waals surface area contributed by atoms with Gasteiger partial charge in [-0.3, -0.25) is 4.57 Å². The quantitative estimate of drug-likeness (QED) is 0.623. The molecule has 0 N–H and O–H groups in total. The third-order valence-electron chi connectivity index (χ3n) is 2.41. The summed E-state index contributed by atoms with van der Waals surface area (Å²) in [4.78, 5) is 4.33. The van der Waals surface area contributed by atoms with E-state index in [1.165, 1.54) is 0 Å². The van der Waals surface area contributed by atoms with Crippen molar-refractivity contribution < 1.29 is 4.74 Å². The summed E-state index contributed by atoms with van der Waals surface area (Å²) in [6.45, 7) is 1.84. The Hall–Kier alpha value is -1.86. The molecule has 2 rings (SSSR count). The zero-order chi connectivity index (χ0) is 12.8. The highest BCUT2D eigenvalue weighted by atomic mass is 32.2. The Morgan fingerprint density at radius 2 is 2.11 bits per heavy atom. The molecule has 0 aliphatic heterocycles. The minimum absolute atomic E-state index is 0.754. The number of imidazole rings is 1. The van der Waals surface area contributed by atoms with Crippen molar-refractivity contribution in [3.05, 3.63) is 36.7 Å². The Bertz CT molecular complexity index is 563. The third-order valence-corrected chi connectivity index (χ3v) is 3.26. The molecule has 0 spiro atoms. The lowest BCUT2D eigenvalue weighted by atomic mass is 10.3. The van der Waals surface area contributed by atoms with Crippen LogP contribution in [0.25, 0.3) is 5.69 Å². The van der Waals surface area contributed by atoms with Gasteiger partial charge in [0.25, 0.3) is 0 Å². The second kappa shape index (κ2) is 6.18. The zero-order valence-electron chi connectivity index (χ0n) is 10.4. The number of methoxy groups -OCH3 is 1. The Labute approximate surface area is 111 Å². The van der Waals surface area contributed by atoms with Gasteiger partial charge in [-0.15, -0.1) is 5.92 Å². The van der Waals surface area contributed by atoms with Crippen molar-refractivity contribution >= 4 is 11.8 Å². The molecule has 0 saturated carbocycles. The average Bonchev–Trinajstić information content (AvgIpc) is 2.88. The Morgan fingerprint density at radius 3 is 2.78 bits per heavy atom. The maximum Gasteiger partial charge on any atom is 0.173 e. The van der Waals surface area contributed by atoms with Crippen molar-refractivity contribution in [2.24, 2.45) is 0 Å². The van der Waals surface area contributed by atoms with E-state index in [-0.39, 0.29) is 0 Å². The molecule has 1 aromatic carbocycles. The summed E-state index contributed by atoms with van der Waals surface area (Å²) >= 11 is 1.63. The molecule has 1 aromatic heterocycles. The molecule has 0 unspecified atom stereocenters. The lowest BCUT2D eigenvalue weighted by Crippen LogP contribution is -1.95. The highest BCUT2D eigenvalue weighted by Crippen LogP contribution is 2.21. The van der Waals surface area contributed by atoms with Crippen LogP contribution >= 0.6 is 11.8 Å². The average molecular weight is 258 g/mol. The molecule has 18 heavy (non-hydrogen) atoms. The van der Waals surface area contributed by atoms with E-state index >= 15 is 0 Å². The van der Waals surface area contributed by atoms with E-state index in [1.54, 1.807) is 25.1 Å². The molecule has 2 aromatic rings. The Morgan fingerprint density at radius 1 is 1.33 bits per heavy atom. The summed E-state index contributed by atoms with van der Waals surface area (Å²) in [5.41, 5.74) is 1.07. The van der Waals surface area contributed by atoms with Crippen LogP contribution in [0.3, 0.4) is 0 Å². The van der Waals surface area contributed by atoms with Gasteiger partial charge in [-0.25, -0.2) is 4.98 Å². The minimum atomic E-state index is 0.754. The molecule has 0 saturated heterocycles. The Balaban J connectivity index is 2.20. The number of ether oxygens (including phenoxy) is 1. The van der Waals surface area contributed by atoms with Gasteiger partial charge in [0.1, 0.15) is 5.75 Å². The van der Waals surface area contributed by atoms with Crippen molar-refractivity contribution in [2.45, 2.75) is 12.1 Å². The van der Waals surface area contributed by atoms with Crippen LogP contribution in [0.4, 0.5) is 0 Å². The van der Waals surface area contributed by atoms with E-state index in [0.717, 1.165) is 22.3 Å². The van der Waals surface area contributed by atoms with Crippen molar-refractivity contribution in [2.75, 3.05) is 12.9 Å². The second-order valence-electron chi connectivity index (χ2n) is 3.49. The van der Waals surface area contributed by atoms with Crippen molar-refractivity contribution in [3.63, 3.8) is 0 Å². The van der Waals surface area contributed by atoms with Crippen molar-refractivity contribution in [1.29, 1.82) is 0 Å². The smallest absolute Gasteiger partial charge is 0.173 e. The monoisotopic (exact) mass is 258 g/mol. The number of aromatic nitrogens is 2. The summed E-state index contributed by atoms with van der Waals surface area (Å²) in [6, 6.07) is 7.90. The number of thioether (sulfide) groups is 1. The molecule has 0 fully saturated rings. The first kappa shape index (κ1) is 12.6. The van der Waals surface area contributed by atoms with Gasteiger partial charge in [0.2, 0.25) is 0 Å². The van der Waals surface area contributed by atoms with Gasteiger partial charge in [-0.1, -0.05) is 17.7 Å². The summed E-state index contributed by atoms with van der Waals surface area (Å²) < 4.78 is 7.19. The Kier molecular flexibility index (Phi) is 4.32. The fourth-order valence-corrected chi connectivity index (χ4v) is 2.30. The van der Waals surface area contributed by atoms with Crippen LogP contribution in [0.1, 0.15) is 6.92 Å². The van der Waals surface area contributed by atoms with E-state index in [1.807, 2.05) is 42.0 Å². The molecule has 0 bridgehead atoms. The predicted octanol–water partition coefficient (Wildman–Crippen LogP) is 3.00. The summed E-state index contributed by atoms with van der Waals surface area (Å²) in [7, 11) is 1.66. The maximum absolute atomic E-state index is 5.15. The number of nitrogens with zero attached hydrogens (tertiary/aromatic N) is 2. The molecule has 1 heterocycles. The summed E-state index contributed by atoms with van der Waals surface area (Å²) in [5, 5.41) is 0.947. The van der Waals surface area contributed by atoms with Crippen LogP contribution in [0.2, 0.25) is 0 Å². The van der Waals surface area contributed by atoms with Gasteiger partial charge in [0, 0.05) is 18.1 Å². The maximum atomic E-state index is 5.15. The van der Waals surface area contributed by atoms with Crippen LogP contribution in [-0.4, -0.2) is 22.4 Å². The summed E-state index contributed by atoms with van der Waals surface area (Å²) in [5.74, 6) is 7.51. The lowest BCUT2D eigenvalue weighted by molar-refractivity contribution is 0.414. The molecule has 3 nitrogen and oxygen atoms in total. The number of hydrogen-bond acceptors (Lipinski definition) is 3. The highest BCUT2D eigenvalue weighted by Gasteiger charge is 2.04. The van der Waals surface area contributed by atoms with Gasteiger partial charge < -0.3 is 4.74 Å².